The van der Waals surface area contributed by atoms with Crippen LogP contribution >= 0.6 is 0 Å². The van der Waals surface area contributed by atoms with Crippen LogP contribution in [0.3, 0.4) is 0 Å². The van der Waals surface area contributed by atoms with Crippen LogP contribution in [-0.2, 0) is 28.5 Å². The van der Waals surface area contributed by atoms with Crippen LogP contribution in [0.1, 0.15) is 48.5 Å². The zero-order valence-corrected chi connectivity index (χ0v) is 15.3. The SMILES string of the molecule is CC(C)(C)OCO[C@@H]1[C@@H](COC(=O)OC(C)(C)C)OC(=O)[C@]1(C)F. The van der Waals surface area contributed by atoms with E-state index in [0.717, 1.165) is 6.92 Å². The lowest BCUT2D eigenvalue weighted by Crippen LogP contribution is -2.44. The van der Waals surface area contributed by atoms with Crippen molar-refractivity contribution in [2.45, 2.75) is 77.5 Å². The number of halogens is 1. The van der Waals surface area contributed by atoms with Crippen molar-refractivity contribution in [1.82, 2.24) is 0 Å². The van der Waals surface area contributed by atoms with Crippen LogP contribution in [0, 0.1) is 0 Å². The quantitative estimate of drug-likeness (QED) is 0.557. The lowest BCUT2D eigenvalue weighted by molar-refractivity contribution is -0.173. The van der Waals surface area contributed by atoms with Gasteiger partial charge in [0, 0.05) is 0 Å². The minimum Gasteiger partial charge on any atom is -0.453 e. The Kier molecular flexibility index (Phi) is 6.21. The molecule has 1 aliphatic heterocycles. The Morgan fingerprint density at radius 2 is 1.79 bits per heavy atom. The van der Waals surface area contributed by atoms with E-state index < -0.39 is 41.2 Å². The van der Waals surface area contributed by atoms with Crippen molar-refractivity contribution in [3.05, 3.63) is 0 Å². The fourth-order valence-corrected chi connectivity index (χ4v) is 1.88. The minimum atomic E-state index is -2.36. The molecule has 24 heavy (non-hydrogen) atoms. The first-order valence-corrected chi connectivity index (χ1v) is 7.74. The molecule has 0 aromatic heterocycles. The van der Waals surface area contributed by atoms with Crippen LogP contribution in [0.5, 0.6) is 0 Å². The maximum atomic E-state index is 14.5. The number of rotatable bonds is 5. The molecule has 0 saturated carbocycles. The number of carbonyl (C=O) groups excluding carboxylic acids is 2. The zero-order chi connectivity index (χ0) is 18.8. The topological polar surface area (TPSA) is 80.3 Å². The number of cyclic esters (lactones) is 1. The summed E-state index contributed by atoms with van der Waals surface area (Å²) < 4.78 is 40.0. The van der Waals surface area contributed by atoms with E-state index in [1.807, 2.05) is 20.8 Å². The van der Waals surface area contributed by atoms with Gasteiger partial charge in [-0.25, -0.2) is 14.0 Å². The lowest BCUT2D eigenvalue weighted by Gasteiger charge is -2.26. The van der Waals surface area contributed by atoms with Crippen molar-refractivity contribution in [2.24, 2.45) is 0 Å². The van der Waals surface area contributed by atoms with Crippen molar-refractivity contribution in [3.63, 3.8) is 0 Å². The Hall–Kier alpha value is -1.41. The maximum Gasteiger partial charge on any atom is 0.508 e. The average Bonchev–Trinajstić information content (AvgIpc) is 2.56. The van der Waals surface area contributed by atoms with E-state index in [0.29, 0.717) is 0 Å². The molecule has 140 valence electrons. The predicted octanol–water partition coefficient (Wildman–Crippen LogP) is 2.75. The van der Waals surface area contributed by atoms with Crippen molar-refractivity contribution in [1.29, 1.82) is 0 Å². The third-order valence-electron chi connectivity index (χ3n) is 3.02. The predicted molar refractivity (Wildman–Crippen MR) is 82.2 cm³/mol. The monoisotopic (exact) mass is 350 g/mol. The summed E-state index contributed by atoms with van der Waals surface area (Å²) in [5.74, 6) is -1.07. The summed E-state index contributed by atoms with van der Waals surface area (Å²) >= 11 is 0. The molecular formula is C16H27FO7. The molecule has 0 radical (unpaired) electrons. The Morgan fingerprint density at radius 1 is 1.21 bits per heavy atom. The molecule has 1 heterocycles. The van der Waals surface area contributed by atoms with Gasteiger partial charge >= 0.3 is 12.1 Å². The van der Waals surface area contributed by atoms with Gasteiger partial charge in [-0.2, -0.15) is 0 Å². The molecule has 0 aliphatic carbocycles. The van der Waals surface area contributed by atoms with Crippen LogP contribution in [0.15, 0.2) is 0 Å². The summed E-state index contributed by atoms with van der Waals surface area (Å²) in [6.07, 6.45) is -3.27. The molecule has 8 heteroatoms. The highest BCUT2D eigenvalue weighted by atomic mass is 19.1. The number of esters is 1. The molecule has 1 saturated heterocycles. The van der Waals surface area contributed by atoms with Crippen LogP contribution < -0.4 is 0 Å². The summed E-state index contributed by atoms with van der Waals surface area (Å²) in [5, 5.41) is 0. The van der Waals surface area contributed by atoms with Gasteiger partial charge in [-0.05, 0) is 48.5 Å². The molecule has 0 aromatic carbocycles. The van der Waals surface area contributed by atoms with Gasteiger partial charge in [0.2, 0.25) is 5.67 Å². The molecular weight excluding hydrogens is 323 g/mol. The smallest absolute Gasteiger partial charge is 0.453 e. The van der Waals surface area contributed by atoms with Gasteiger partial charge in [0.15, 0.2) is 6.10 Å². The van der Waals surface area contributed by atoms with Gasteiger partial charge in [-0.15, -0.1) is 0 Å². The number of hydrogen-bond donors (Lipinski definition) is 0. The van der Waals surface area contributed by atoms with E-state index in [1.54, 1.807) is 20.8 Å². The van der Waals surface area contributed by atoms with Gasteiger partial charge in [0.25, 0.3) is 0 Å². The van der Waals surface area contributed by atoms with E-state index in [9.17, 15) is 14.0 Å². The Bertz CT molecular complexity index is 462. The van der Waals surface area contributed by atoms with Crippen molar-refractivity contribution in [3.8, 4) is 0 Å². The molecule has 0 amide bonds. The summed E-state index contributed by atoms with van der Waals surface area (Å²) in [5.41, 5.74) is -3.57. The first kappa shape index (κ1) is 20.6. The number of ether oxygens (including phenoxy) is 5. The van der Waals surface area contributed by atoms with Gasteiger partial charge in [0.05, 0.1) is 5.60 Å². The molecule has 1 fully saturated rings. The largest absolute Gasteiger partial charge is 0.508 e. The van der Waals surface area contributed by atoms with Crippen LogP contribution in [0.4, 0.5) is 9.18 Å². The first-order valence-electron chi connectivity index (χ1n) is 7.74. The van der Waals surface area contributed by atoms with E-state index in [1.165, 1.54) is 0 Å². The molecule has 3 atom stereocenters. The van der Waals surface area contributed by atoms with Crippen molar-refractivity contribution < 1.29 is 37.7 Å². The molecule has 0 spiro atoms. The number of hydrogen-bond acceptors (Lipinski definition) is 7. The number of alkyl halides is 1. The van der Waals surface area contributed by atoms with Crippen molar-refractivity contribution >= 4 is 12.1 Å². The average molecular weight is 350 g/mol. The zero-order valence-electron chi connectivity index (χ0n) is 15.3. The molecule has 1 rings (SSSR count). The highest BCUT2D eigenvalue weighted by molar-refractivity contribution is 5.82. The second-order valence-corrected chi connectivity index (χ2v) is 7.76. The fraction of sp³-hybridized carbons (Fsp3) is 0.875. The van der Waals surface area contributed by atoms with E-state index in [4.69, 9.17) is 23.7 Å². The third-order valence-corrected chi connectivity index (χ3v) is 3.02. The normalized spacial score (nSPS) is 27.8. The van der Waals surface area contributed by atoms with Crippen LogP contribution in [0.25, 0.3) is 0 Å². The Labute approximate surface area is 141 Å². The van der Waals surface area contributed by atoms with E-state index in [-0.39, 0.29) is 13.4 Å². The number of carbonyl (C=O) groups is 2. The third kappa shape index (κ3) is 6.24. The van der Waals surface area contributed by atoms with E-state index in [2.05, 4.69) is 0 Å². The van der Waals surface area contributed by atoms with Crippen LogP contribution in [-0.4, -0.2) is 54.6 Å². The van der Waals surface area contributed by atoms with Gasteiger partial charge < -0.3 is 23.7 Å². The minimum absolute atomic E-state index is 0.229. The standard InChI is InChI=1S/C16H27FO7/c1-14(2,3)22-9-21-11-10(23-12(18)16(11,7)17)8-20-13(19)24-15(4,5)6/h10-11H,8-9H2,1-7H3/t10-,11-,16-/m1/s1. The van der Waals surface area contributed by atoms with Gasteiger partial charge in [0.1, 0.15) is 25.1 Å². The highest BCUT2D eigenvalue weighted by Gasteiger charge is 2.57. The molecule has 7 nitrogen and oxygen atoms in total. The summed E-state index contributed by atoms with van der Waals surface area (Å²) in [6.45, 7) is 10.9. The second-order valence-electron chi connectivity index (χ2n) is 7.76. The molecule has 0 unspecified atom stereocenters. The van der Waals surface area contributed by atoms with Crippen LogP contribution in [0.2, 0.25) is 0 Å². The van der Waals surface area contributed by atoms with Gasteiger partial charge in [-0.3, -0.25) is 0 Å². The lowest BCUT2D eigenvalue weighted by atomic mass is 10.0. The summed E-state index contributed by atoms with van der Waals surface area (Å²) in [4.78, 5) is 23.2. The Balaban J connectivity index is 2.63. The summed E-state index contributed by atoms with van der Waals surface area (Å²) in [7, 11) is 0. The van der Waals surface area contributed by atoms with Crippen molar-refractivity contribution in [2.75, 3.05) is 13.4 Å². The highest BCUT2D eigenvalue weighted by Crippen LogP contribution is 2.32. The second kappa shape index (κ2) is 7.23. The first-order chi connectivity index (χ1) is 10.7. The molecule has 1 aliphatic rings. The fourth-order valence-electron chi connectivity index (χ4n) is 1.88. The Morgan fingerprint density at radius 3 is 2.29 bits per heavy atom. The molecule has 0 N–H and O–H groups in total. The van der Waals surface area contributed by atoms with Gasteiger partial charge in [-0.1, -0.05) is 0 Å². The van der Waals surface area contributed by atoms with E-state index >= 15 is 0 Å². The molecule has 0 aromatic rings. The molecule has 0 bridgehead atoms. The maximum absolute atomic E-state index is 14.5. The summed E-state index contributed by atoms with van der Waals surface area (Å²) in [6, 6.07) is 0.